The van der Waals surface area contributed by atoms with E-state index in [4.69, 9.17) is 0 Å². The van der Waals surface area contributed by atoms with E-state index in [0.717, 1.165) is 6.42 Å². The van der Waals surface area contributed by atoms with Crippen molar-refractivity contribution in [3.8, 4) is 0 Å². The molecule has 0 amide bonds. The van der Waals surface area contributed by atoms with Gasteiger partial charge in [-0.1, -0.05) is 6.92 Å². The summed E-state index contributed by atoms with van der Waals surface area (Å²) < 4.78 is 0. The quantitative estimate of drug-likeness (QED) is 0.803. The fourth-order valence-electron chi connectivity index (χ4n) is 2.68. The Morgan fingerprint density at radius 3 is 2.31 bits per heavy atom. The molecule has 92 valence electrons. The summed E-state index contributed by atoms with van der Waals surface area (Å²) >= 11 is 2.00. The van der Waals surface area contributed by atoms with E-state index >= 15 is 0 Å². The lowest BCUT2D eigenvalue weighted by Gasteiger charge is -2.38. The van der Waals surface area contributed by atoms with Crippen LogP contribution in [0.2, 0.25) is 0 Å². The van der Waals surface area contributed by atoms with E-state index in [-0.39, 0.29) is 6.04 Å². The molecule has 0 aromatic carbocycles. The molecule has 2 aliphatic rings. The maximum Gasteiger partial charge on any atom is 0.320 e. The molecule has 2 rings (SSSR count). The van der Waals surface area contributed by atoms with Crippen molar-refractivity contribution in [2.45, 2.75) is 57.2 Å². The highest BCUT2D eigenvalue weighted by Gasteiger charge is 2.40. The minimum Gasteiger partial charge on any atom is -0.480 e. The van der Waals surface area contributed by atoms with E-state index in [9.17, 15) is 9.90 Å². The van der Waals surface area contributed by atoms with Crippen LogP contribution in [0, 0.1) is 0 Å². The maximum atomic E-state index is 11.3. The molecule has 0 radical (unpaired) electrons. The third-order valence-corrected chi connectivity index (χ3v) is 4.66. The van der Waals surface area contributed by atoms with Gasteiger partial charge in [-0.05, 0) is 43.6 Å². The number of nitrogens with zero attached hydrogens (tertiary/aromatic N) is 1. The molecule has 0 unspecified atom stereocenters. The number of rotatable bonds is 5. The predicted molar refractivity (Wildman–Crippen MR) is 66.9 cm³/mol. The van der Waals surface area contributed by atoms with Crippen LogP contribution in [-0.2, 0) is 4.79 Å². The Morgan fingerprint density at radius 2 is 1.88 bits per heavy atom. The zero-order valence-corrected chi connectivity index (χ0v) is 10.7. The second kappa shape index (κ2) is 5.41. The van der Waals surface area contributed by atoms with Crippen LogP contribution >= 0.6 is 11.8 Å². The molecule has 0 bridgehead atoms. The minimum atomic E-state index is -0.632. The number of carboxylic acids is 1. The standard InChI is InChI=1S/C12H21NO2S/c1-2-11(12(14)15)13(9-3-4-9)10-5-7-16-8-6-10/h9-11H,2-8H2,1H3,(H,14,15)/t11-/m1/s1. The Labute approximate surface area is 102 Å². The fourth-order valence-corrected chi connectivity index (χ4v) is 3.76. The molecule has 0 aromatic rings. The van der Waals surface area contributed by atoms with Crippen molar-refractivity contribution in [1.29, 1.82) is 0 Å². The van der Waals surface area contributed by atoms with Gasteiger partial charge in [0.05, 0.1) is 0 Å². The van der Waals surface area contributed by atoms with Crippen molar-refractivity contribution in [2.24, 2.45) is 0 Å². The van der Waals surface area contributed by atoms with Crippen molar-refractivity contribution in [2.75, 3.05) is 11.5 Å². The van der Waals surface area contributed by atoms with E-state index in [0.29, 0.717) is 12.1 Å². The average molecular weight is 243 g/mol. The minimum absolute atomic E-state index is 0.249. The number of carbonyl (C=O) groups is 1. The molecule has 4 heteroatoms. The van der Waals surface area contributed by atoms with Crippen LogP contribution in [0.4, 0.5) is 0 Å². The third-order valence-electron chi connectivity index (χ3n) is 3.61. The molecule has 1 aliphatic carbocycles. The molecule has 1 heterocycles. The van der Waals surface area contributed by atoms with Gasteiger partial charge in [-0.2, -0.15) is 11.8 Å². The number of thioether (sulfide) groups is 1. The van der Waals surface area contributed by atoms with E-state index < -0.39 is 5.97 Å². The summed E-state index contributed by atoms with van der Waals surface area (Å²) in [5.74, 6) is 1.76. The maximum absolute atomic E-state index is 11.3. The molecule has 1 saturated carbocycles. The molecule has 0 aromatic heterocycles. The first-order valence-corrected chi connectivity index (χ1v) is 7.47. The van der Waals surface area contributed by atoms with Gasteiger partial charge in [0, 0.05) is 12.1 Å². The van der Waals surface area contributed by atoms with E-state index in [1.165, 1.54) is 37.2 Å². The Balaban J connectivity index is 2.05. The molecular weight excluding hydrogens is 222 g/mol. The largest absolute Gasteiger partial charge is 0.480 e. The molecule has 1 N–H and O–H groups in total. The first-order valence-electron chi connectivity index (χ1n) is 6.32. The summed E-state index contributed by atoms with van der Waals surface area (Å²) in [5, 5.41) is 9.30. The number of carboxylic acid groups (broad SMARTS) is 1. The van der Waals surface area contributed by atoms with Crippen LogP contribution in [0.15, 0.2) is 0 Å². The smallest absolute Gasteiger partial charge is 0.320 e. The van der Waals surface area contributed by atoms with Gasteiger partial charge in [0.2, 0.25) is 0 Å². The first kappa shape index (κ1) is 12.2. The molecule has 3 nitrogen and oxygen atoms in total. The van der Waals surface area contributed by atoms with Gasteiger partial charge < -0.3 is 5.11 Å². The monoisotopic (exact) mass is 243 g/mol. The zero-order chi connectivity index (χ0) is 11.5. The van der Waals surface area contributed by atoms with Crippen molar-refractivity contribution >= 4 is 17.7 Å². The Kier molecular flexibility index (Phi) is 4.14. The number of hydrogen-bond acceptors (Lipinski definition) is 3. The van der Waals surface area contributed by atoms with Crippen LogP contribution in [0.25, 0.3) is 0 Å². The summed E-state index contributed by atoms with van der Waals surface area (Å²) in [6.07, 6.45) is 5.48. The molecule has 1 saturated heterocycles. The van der Waals surface area contributed by atoms with Crippen LogP contribution < -0.4 is 0 Å². The van der Waals surface area contributed by atoms with Gasteiger partial charge in [0.1, 0.15) is 6.04 Å². The Morgan fingerprint density at radius 1 is 1.31 bits per heavy atom. The van der Waals surface area contributed by atoms with E-state index in [1.54, 1.807) is 0 Å². The van der Waals surface area contributed by atoms with Crippen LogP contribution in [0.3, 0.4) is 0 Å². The fraction of sp³-hybridized carbons (Fsp3) is 0.917. The summed E-state index contributed by atoms with van der Waals surface area (Å²) in [7, 11) is 0. The highest BCUT2D eigenvalue weighted by Crippen LogP contribution is 2.35. The van der Waals surface area contributed by atoms with E-state index in [2.05, 4.69) is 4.90 Å². The lowest BCUT2D eigenvalue weighted by atomic mass is 10.0. The molecular formula is C12H21NO2S. The van der Waals surface area contributed by atoms with Gasteiger partial charge in [0.25, 0.3) is 0 Å². The topological polar surface area (TPSA) is 40.5 Å². The molecule has 2 fully saturated rings. The second-order valence-electron chi connectivity index (χ2n) is 4.78. The highest BCUT2D eigenvalue weighted by molar-refractivity contribution is 7.99. The van der Waals surface area contributed by atoms with Crippen LogP contribution in [0.1, 0.15) is 39.0 Å². The number of hydrogen-bond donors (Lipinski definition) is 1. The summed E-state index contributed by atoms with van der Waals surface area (Å²) in [5.41, 5.74) is 0. The van der Waals surface area contributed by atoms with Gasteiger partial charge in [0.15, 0.2) is 0 Å². The summed E-state index contributed by atoms with van der Waals surface area (Å²) in [6, 6.07) is 0.838. The van der Waals surface area contributed by atoms with E-state index in [1.807, 2.05) is 18.7 Å². The van der Waals surface area contributed by atoms with Gasteiger partial charge in [-0.25, -0.2) is 0 Å². The average Bonchev–Trinajstić information content (AvgIpc) is 3.10. The third kappa shape index (κ3) is 2.72. The van der Waals surface area contributed by atoms with Gasteiger partial charge in [-0.15, -0.1) is 0 Å². The van der Waals surface area contributed by atoms with Crippen LogP contribution in [0.5, 0.6) is 0 Å². The normalized spacial score (nSPS) is 24.6. The van der Waals surface area contributed by atoms with Gasteiger partial charge >= 0.3 is 5.97 Å². The molecule has 0 spiro atoms. The van der Waals surface area contributed by atoms with Crippen molar-refractivity contribution in [1.82, 2.24) is 4.90 Å². The molecule has 16 heavy (non-hydrogen) atoms. The van der Waals surface area contributed by atoms with Crippen molar-refractivity contribution in [3.05, 3.63) is 0 Å². The van der Waals surface area contributed by atoms with Crippen LogP contribution in [-0.4, -0.2) is 45.6 Å². The highest BCUT2D eigenvalue weighted by atomic mass is 32.2. The lowest BCUT2D eigenvalue weighted by molar-refractivity contribution is -0.145. The van der Waals surface area contributed by atoms with Crippen molar-refractivity contribution in [3.63, 3.8) is 0 Å². The SMILES string of the molecule is CC[C@H](C(=O)O)N(C1CCSCC1)C1CC1. The van der Waals surface area contributed by atoms with Crippen molar-refractivity contribution < 1.29 is 9.90 Å². The molecule has 1 atom stereocenters. The summed E-state index contributed by atoms with van der Waals surface area (Å²) in [4.78, 5) is 13.6. The molecule has 1 aliphatic heterocycles. The predicted octanol–water partition coefficient (Wildman–Crippen LogP) is 2.21. The zero-order valence-electron chi connectivity index (χ0n) is 9.89. The summed E-state index contributed by atoms with van der Waals surface area (Å²) in [6.45, 7) is 1.99. The Hall–Kier alpha value is -0.220. The second-order valence-corrected chi connectivity index (χ2v) is 6.01. The number of aliphatic carboxylic acids is 1. The van der Waals surface area contributed by atoms with Gasteiger partial charge in [-0.3, -0.25) is 9.69 Å². The Bertz CT molecular complexity index is 249. The lowest BCUT2D eigenvalue weighted by Crippen LogP contribution is -2.49. The first-order chi connectivity index (χ1) is 7.74.